The van der Waals surface area contributed by atoms with E-state index < -0.39 is 11.9 Å². The zero-order valence-electron chi connectivity index (χ0n) is 16.9. The Labute approximate surface area is 158 Å². The van der Waals surface area contributed by atoms with Crippen LogP contribution in [0, 0.1) is 35.5 Å². The molecule has 0 bridgehead atoms. The molecule has 5 unspecified atom stereocenters. The predicted octanol–water partition coefficient (Wildman–Crippen LogP) is 4.70. The van der Waals surface area contributed by atoms with Crippen LogP contribution in [0.3, 0.4) is 0 Å². The average molecular weight is 365 g/mol. The first-order valence-electron chi connectivity index (χ1n) is 10.7. The van der Waals surface area contributed by atoms with Gasteiger partial charge in [-0.1, -0.05) is 39.5 Å². The maximum Gasteiger partial charge on any atom is 0.314 e. The van der Waals surface area contributed by atoms with Gasteiger partial charge in [0.15, 0.2) is 5.78 Å². The molecule has 3 aliphatic rings. The van der Waals surface area contributed by atoms with Gasteiger partial charge >= 0.3 is 5.97 Å². The van der Waals surface area contributed by atoms with Crippen molar-refractivity contribution >= 4 is 11.8 Å². The van der Waals surface area contributed by atoms with Crippen molar-refractivity contribution in [2.45, 2.75) is 90.8 Å². The number of ether oxygens (including phenoxy) is 1. The van der Waals surface area contributed by atoms with E-state index in [-0.39, 0.29) is 29.3 Å². The van der Waals surface area contributed by atoms with Crippen molar-refractivity contribution in [3.63, 3.8) is 0 Å². The number of carboxylic acids is 1. The zero-order valence-corrected chi connectivity index (χ0v) is 16.9. The number of unbranched alkanes of at least 4 members (excludes halogenated alkanes) is 2. The van der Waals surface area contributed by atoms with Gasteiger partial charge in [0.2, 0.25) is 0 Å². The normalized spacial score (nSPS) is 42.0. The highest BCUT2D eigenvalue weighted by molar-refractivity contribution is 6.01. The van der Waals surface area contributed by atoms with Crippen LogP contribution in [0.2, 0.25) is 0 Å². The molecule has 0 radical (unpaired) electrons. The van der Waals surface area contributed by atoms with Crippen molar-refractivity contribution in [1.29, 1.82) is 0 Å². The molecule has 2 saturated carbocycles. The Balaban J connectivity index is 1.87. The fourth-order valence-electron chi connectivity index (χ4n) is 6.24. The van der Waals surface area contributed by atoms with Gasteiger partial charge in [0.1, 0.15) is 5.92 Å². The van der Waals surface area contributed by atoms with E-state index in [0.29, 0.717) is 17.8 Å². The van der Waals surface area contributed by atoms with Crippen LogP contribution in [0.1, 0.15) is 79.1 Å². The van der Waals surface area contributed by atoms with Crippen LogP contribution in [0.5, 0.6) is 0 Å². The summed E-state index contributed by atoms with van der Waals surface area (Å²) in [4.78, 5) is 25.3. The lowest BCUT2D eigenvalue weighted by Crippen LogP contribution is -2.61. The smallest absolute Gasteiger partial charge is 0.314 e. The molecule has 148 valence electrons. The van der Waals surface area contributed by atoms with Crippen molar-refractivity contribution in [2.24, 2.45) is 35.5 Å². The van der Waals surface area contributed by atoms with Crippen LogP contribution < -0.4 is 0 Å². The molecule has 2 aliphatic carbocycles. The first-order valence-corrected chi connectivity index (χ1v) is 10.7. The van der Waals surface area contributed by atoms with Crippen molar-refractivity contribution in [3.8, 4) is 0 Å². The lowest BCUT2D eigenvalue weighted by Gasteiger charge is -2.56. The van der Waals surface area contributed by atoms with E-state index in [1.165, 1.54) is 6.42 Å². The van der Waals surface area contributed by atoms with E-state index in [9.17, 15) is 14.7 Å². The van der Waals surface area contributed by atoms with Gasteiger partial charge in [0, 0.05) is 5.92 Å². The second-order valence-electron chi connectivity index (χ2n) is 9.68. The molecule has 4 nitrogen and oxygen atoms in total. The molecule has 1 saturated heterocycles. The lowest BCUT2D eigenvalue weighted by molar-refractivity contribution is -0.222. The number of hydrogen-bond donors (Lipinski definition) is 1. The van der Waals surface area contributed by atoms with E-state index >= 15 is 0 Å². The van der Waals surface area contributed by atoms with Crippen LogP contribution in [0.4, 0.5) is 0 Å². The minimum atomic E-state index is -0.916. The van der Waals surface area contributed by atoms with Gasteiger partial charge in [-0.25, -0.2) is 0 Å². The number of carboxylic acid groups (broad SMARTS) is 1. The van der Waals surface area contributed by atoms with E-state index in [2.05, 4.69) is 27.7 Å². The summed E-state index contributed by atoms with van der Waals surface area (Å²) in [5.41, 5.74) is -0.212. The summed E-state index contributed by atoms with van der Waals surface area (Å²) in [6.07, 6.45) is 7.99. The highest BCUT2D eigenvalue weighted by Gasteiger charge is 2.58. The fraction of sp³-hybridized carbons (Fsp3) is 0.909. The summed E-state index contributed by atoms with van der Waals surface area (Å²) in [6.45, 7) is 8.77. The molecule has 4 heteroatoms. The van der Waals surface area contributed by atoms with Crippen LogP contribution in [-0.4, -0.2) is 28.6 Å². The lowest BCUT2D eigenvalue weighted by atomic mass is 9.55. The number of fused-ring (bicyclic) bond motifs is 3. The van der Waals surface area contributed by atoms with E-state index in [1.54, 1.807) is 0 Å². The third-order valence-electron chi connectivity index (χ3n) is 7.46. The van der Waals surface area contributed by atoms with Crippen molar-refractivity contribution in [3.05, 3.63) is 0 Å². The molecule has 0 aromatic rings. The van der Waals surface area contributed by atoms with Crippen molar-refractivity contribution < 1.29 is 19.4 Å². The first kappa shape index (κ1) is 19.9. The predicted molar refractivity (Wildman–Crippen MR) is 101 cm³/mol. The summed E-state index contributed by atoms with van der Waals surface area (Å²) in [5.74, 6) is -0.774. The Morgan fingerprint density at radius 1 is 1.23 bits per heavy atom. The molecule has 0 amide bonds. The average Bonchev–Trinajstić information content (AvgIpc) is 2.53. The summed E-state index contributed by atoms with van der Waals surface area (Å²) in [7, 11) is 0. The number of carbonyl (C=O) groups excluding carboxylic acids is 1. The molecule has 0 aromatic carbocycles. The van der Waals surface area contributed by atoms with Crippen molar-refractivity contribution in [2.75, 3.05) is 0 Å². The topological polar surface area (TPSA) is 63.6 Å². The van der Waals surface area contributed by atoms with Crippen LogP contribution in [0.15, 0.2) is 0 Å². The van der Waals surface area contributed by atoms with E-state index in [0.717, 1.165) is 44.9 Å². The monoisotopic (exact) mass is 364 g/mol. The summed E-state index contributed by atoms with van der Waals surface area (Å²) >= 11 is 0. The number of Topliss-reactive ketones (excluding diaryl/α,β-unsaturated/α-hetero) is 1. The molecular formula is C22H36O4. The van der Waals surface area contributed by atoms with E-state index in [4.69, 9.17) is 4.74 Å². The minimum absolute atomic E-state index is 0.0325. The molecule has 3 fully saturated rings. The SMILES string of the molecule is CCCCCC1CC2OC(C)(C)[C@@H]3CCC(C)C[C@H]3C2C(=O)C1C(=O)O. The molecule has 3 rings (SSSR count). The number of ketones is 1. The molecule has 1 aliphatic heterocycles. The van der Waals surface area contributed by atoms with Gasteiger partial charge in [0.25, 0.3) is 0 Å². The van der Waals surface area contributed by atoms with Gasteiger partial charge in [0.05, 0.1) is 11.7 Å². The summed E-state index contributed by atoms with van der Waals surface area (Å²) < 4.78 is 6.50. The molecule has 0 spiro atoms. The maximum absolute atomic E-state index is 13.4. The number of hydrogen-bond acceptors (Lipinski definition) is 3. The molecule has 0 aromatic heterocycles. The Hall–Kier alpha value is -0.900. The summed E-state index contributed by atoms with van der Waals surface area (Å²) in [5, 5.41) is 9.81. The number of rotatable bonds is 5. The number of carbonyl (C=O) groups is 2. The second-order valence-corrected chi connectivity index (χ2v) is 9.68. The minimum Gasteiger partial charge on any atom is -0.481 e. The quantitative estimate of drug-likeness (QED) is 0.567. The highest BCUT2D eigenvalue weighted by Crippen LogP contribution is 2.54. The highest BCUT2D eigenvalue weighted by atomic mass is 16.5. The molecule has 1 N–H and O–H groups in total. The first-order chi connectivity index (χ1) is 12.3. The van der Waals surface area contributed by atoms with Gasteiger partial charge in [-0.3, -0.25) is 9.59 Å². The van der Waals surface area contributed by atoms with Gasteiger partial charge in [-0.15, -0.1) is 0 Å². The van der Waals surface area contributed by atoms with Gasteiger partial charge < -0.3 is 9.84 Å². The zero-order chi connectivity index (χ0) is 19.1. The second kappa shape index (κ2) is 7.61. The standard InChI is InChI=1S/C22H36O4/c1-5-6-7-8-14-12-17-19(20(23)18(14)21(24)25)15-11-13(2)9-10-16(15)22(3,4)26-17/h13-19H,5-12H2,1-4H3,(H,24,25)/t13?,14?,15-,16-,17?,18?,19?/m1/s1. The largest absolute Gasteiger partial charge is 0.481 e. The molecular weight excluding hydrogens is 328 g/mol. The third-order valence-corrected chi connectivity index (χ3v) is 7.46. The Bertz CT molecular complexity index is 540. The molecule has 7 atom stereocenters. The van der Waals surface area contributed by atoms with Crippen LogP contribution in [0.25, 0.3) is 0 Å². The van der Waals surface area contributed by atoms with Crippen LogP contribution >= 0.6 is 0 Å². The van der Waals surface area contributed by atoms with Crippen LogP contribution in [-0.2, 0) is 14.3 Å². The number of aliphatic carboxylic acids is 1. The van der Waals surface area contributed by atoms with E-state index in [1.807, 2.05) is 0 Å². The fourth-order valence-corrected chi connectivity index (χ4v) is 6.24. The molecule has 26 heavy (non-hydrogen) atoms. The Morgan fingerprint density at radius 3 is 2.62 bits per heavy atom. The Morgan fingerprint density at radius 2 is 1.96 bits per heavy atom. The molecule has 1 heterocycles. The summed E-state index contributed by atoms with van der Waals surface area (Å²) in [6, 6.07) is 0. The van der Waals surface area contributed by atoms with Gasteiger partial charge in [-0.05, 0) is 63.2 Å². The van der Waals surface area contributed by atoms with Crippen molar-refractivity contribution in [1.82, 2.24) is 0 Å². The van der Waals surface area contributed by atoms with Gasteiger partial charge in [-0.2, -0.15) is 0 Å². The Kier molecular flexibility index (Phi) is 5.81. The maximum atomic E-state index is 13.4. The third kappa shape index (κ3) is 3.58.